The molecular weight excluding hydrogens is 154 g/mol. The van der Waals surface area contributed by atoms with E-state index in [4.69, 9.17) is 0 Å². The van der Waals surface area contributed by atoms with Crippen molar-refractivity contribution < 1.29 is 18.3 Å². The molecule has 1 rings (SSSR count). The number of carbonyl (C=O) groups is 1. The monoisotopic (exact) mass is 162 g/mol. The minimum absolute atomic E-state index is 0.338. The fourth-order valence-electron chi connectivity index (χ4n) is 0.919. The number of cyclic esters (lactones) is 1. The van der Waals surface area contributed by atoms with E-state index in [-0.39, 0.29) is 0 Å². The Hall–Kier alpha value is -0.930. The van der Waals surface area contributed by atoms with Gasteiger partial charge in [-0.05, 0) is 6.42 Å². The van der Waals surface area contributed by atoms with Crippen LogP contribution in [0.1, 0.15) is 19.8 Å². The SMILES string of the molecule is CCC[C@H]1OC(=O)C(F)=C1F. The van der Waals surface area contributed by atoms with E-state index in [9.17, 15) is 13.6 Å². The lowest BCUT2D eigenvalue weighted by Gasteiger charge is -2.05. The molecular formula is C7H8F2O2. The topological polar surface area (TPSA) is 26.3 Å². The minimum Gasteiger partial charge on any atom is -0.450 e. The van der Waals surface area contributed by atoms with E-state index in [1.54, 1.807) is 6.92 Å². The second-order valence-electron chi connectivity index (χ2n) is 2.34. The van der Waals surface area contributed by atoms with Crippen LogP contribution in [0.25, 0.3) is 0 Å². The standard InChI is InChI=1S/C7H8F2O2/c1-2-3-4-5(8)6(9)7(10)11-4/h4H,2-3H2,1H3/t4-/m1/s1. The minimum atomic E-state index is -1.37. The highest BCUT2D eigenvalue weighted by molar-refractivity contribution is 5.89. The molecule has 0 spiro atoms. The first-order valence-corrected chi connectivity index (χ1v) is 3.43. The summed E-state index contributed by atoms with van der Waals surface area (Å²) in [7, 11) is 0. The summed E-state index contributed by atoms with van der Waals surface area (Å²) in [5.41, 5.74) is 0. The molecule has 0 N–H and O–H groups in total. The van der Waals surface area contributed by atoms with Crippen LogP contribution in [-0.4, -0.2) is 12.1 Å². The zero-order valence-electron chi connectivity index (χ0n) is 6.06. The number of esters is 1. The zero-order chi connectivity index (χ0) is 8.43. The second-order valence-corrected chi connectivity index (χ2v) is 2.34. The summed E-state index contributed by atoms with van der Waals surface area (Å²) in [6.07, 6.45) is 0.0106. The van der Waals surface area contributed by atoms with Crippen LogP contribution in [0, 0.1) is 0 Å². The molecule has 0 bridgehead atoms. The van der Waals surface area contributed by atoms with Gasteiger partial charge >= 0.3 is 5.97 Å². The molecule has 1 aliphatic rings. The first-order valence-electron chi connectivity index (χ1n) is 3.43. The summed E-state index contributed by atoms with van der Waals surface area (Å²) in [6, 6.07) is 0. The average molecular weight is 162 g/mol. The van der Waals surface area contributed by atoms with Gasteiger partial charge in [-0.3, -0.25) is 0 Å². The third-order valence-corrected chi connectivity index (χ3v) is 1.47. The lowest BCUT2D eigenvalue weighted by Crippen LogP contribution is -2.09. The summed E-state index contributed by atoms with van der Waals surface area (Å²) in [4.78, 5) is 10.4. The Bertz CT molecular complexity index is 210. The smallest absolute Gasteiger partial charge is 0.370 e. The molecule has 0 unspecified atom stereocenters. The van der Waals surface area contributed by atoms with Crippen LogP contribution in [0.5, 0.6) is 0 Å². The van der Waals surface area contributed by atoms with Crippen LogP contribution >= 0.6 is 0 Å². The van der Waals surface area contributed by atoms with Gasteiger partial charge in [0.25, 0.3) is 0 Å². The van der Waals surface area contributed by atoms with Gasteiger partial charge in [0.2, 0.25) is 5.83 Å². The molecule has 0 saturated heterocycles. The lowest BCUT2D eigenvalue weighted by atomic mass is 10.2. The molecule has 11 heavy (non-hydrogen) atoms. The quantitative estimate of drug-likeness (QED) is 0.579. The van der Waals surface area contributed by atoms with Gasteiger partial charge in [-0.1, -0.05) is 13.3 Å². The Morgan fingerprint density at radius 2 is 2.18 bits per heavy atom. The highest BCUT2D eigenvalue weighted by Gasteiger charge is 2.34. The second kappa shape index (κ2) is 2.98. The highest BCUT2D eigenvalue weighted by Crippen LogP contribution is 2.27. The molecule has 0 aromatic heterocycles. The van der Waals surface area contributed by atoms with E-state index >= 15 is 0 Å². The van der Waals surface area contributed by atoms with Crippen LogP contribution in [-0.2, 0) is 9.53 Å². The number of halogens is 2. The number of rotatable bonds is 2. The average Bonchev–Trinajstić information content (AvgIpc) is 2.19. The van der Waals surface area contributed by atoms with Crippen LogP contribution < -0.4 is 0 Å². The molecule has 0 aliphatic carbocycles. The van der Waals surface area contributed by atoms with Crippen LogP contribution in [0.15, 0.2) is 11.7 Å². The van der Waals surface area contributed by atoms with Crippen molar-refractivity contribution in [2.24, 2.45) is 0 Å². The molecule has 4 heteroatoms. The Labute approximate surface area is 62.8 Å². The van der Waals surface area contributed by atoms with E-state index in [0.29, 0.717) is 12.8 Å². The van der Waals surface area contributed by atoms with Gasteiger partial charge in [-0.25, -0.2) is 9.18 Å². The maximum Gasteiger partial charge on any atom is 0.370 e. The van der Waals surface area contributed by atoms with E-state index in [1.165, 1.54) is 0 Å². The van der Waals surface area contributed by atoms with Crippen molar-refractivity contribution in [1.29, 1.82) is 0 Å². The van der Waals surface area contributed by atoms with E-state index in [0.717, 1.165) is 0 Å². The number of hydrogen-bond acceptors (Lipinski definition) is 2. The van der Waals surface area contributed by atoms with Crippen molar-refractivity contribution in [1.82, 2.24) is 0 Å². The van der Waals surface area contributed by atoms with Crippen LogP contribution in [0.2, 0.25) is 0 Å². The van der Waals surface area contributed by atoms with E-state index in [1.807, 2.05) is 0 Å². The Morgan fingerprint density at radius 3 is 2.55 bits per heavy atom. The first-order chi connectivity index (χ1) is 5.16. The van der Waals surface area contributed by atoms with Crippen molar-refractivity contribution in [2.45, 2.75) is 25.9 Å². The highest BCUT2D eigenvalue weighted by atomic mass is 19.2. The summed E-state index contributed by atoms with van der Waals surface area (Å²) in [5.74, 6) is -3.61. The third kappa shape index (κ3) is 1.39. The molecule has 0 radical (unpaired) electrons. The molecule has 2 nitrogen and oxygen atoms in total. The van der Waals surface area contributed by atoms with Crippen molar-refractivity contribution in [3.8, 4) is 0 Å². The molecule has 1 aliphatic heterocycles. The van der Waals surface area contributed by atoms with Crippen molar-refractivity contribution in [3.05, 3.63) is 11.7 Å². The molecule has 0 aromatic rings. The predicted octanol–water partition coefficient (Wildman–Crippen LogP) is 1.86. The van der Waals surface area contributed by atoms with Gasteiger partial charge in [-0.2, -0.15) is 4.39 Å². The number of hydrogen-bond donors (Lipinski definition) is 0. The fourth-order valence-corrected chi connectivity index (χ4v) is 0.919. The normalized spacial score (nSPS) is 24.3. The van der Waals surface area contributed by atoms with E-state index < -0.39 is 23.7 Å². The van der Waals surface area contributed by atoms with Gasteiger partial charge in [0.05, 0.1) is 0 Å². The molecule has 0 aromatic carbocycles. The molecule has 0 fully saturated rings. The summed E-state index contributed by atoms with van der Waals surface area (Å²) >= 11 is 0. The summed E-state index contributed by atoms with van der Waals surface area (Å²) in [5, 5.41) is 0. The zero-order valence-corrected chi connectivity index (χ0v) is 6.06. The van der Waals surface area contributed by atoms with Crippen LogP contribution in [0.3, 0.4) is 0 Å². The predicted molar refractivity (Wildman–Crippen MR) is 34.0 cm³/mol. The third-order valence-electron chi connectivity index (χ3n) is 1.47. The molecule has 62 valence electrons. The number of ether oxygens (including phenoxy) is 1. The van der Waals surface area contributed by atoms with Gasteiger partial charge in [0.1, 0.15) is 0 Å². The Balaban J connectivity index is 2.69. The van der Waals surface area contributed by atoms with Gasteiger partial charge in [0.15, 0.2) is 11.9 Å². The number of carbonyl (C=O) groups excluding carboxylic acids is 1. The molecule has 0 saturated carbocycles. The first kappa shape index (κ1) is 8.17. The summed E-state index contributed by atoms with van der Waals surface area (Å²) < 4.78 is 29.3. The molecule has 1 heterocycles. The molecule has 1 atom stereocenters. The Kier molecular flexibility index (Phi) is 2.22. The summed E-state index contributed by atoms with van der Waals surface area (Å²) in [6.45, 7) is 1.80. The Morgan fingerprint density at radius 1 is 1.55 bits per heavy atom. The maximum atomic E-state index is 12.6. The maximum absolute atomic E-state index is 12.6. The van der Waals surface area contributed by atoms with Crippen molar-refractivity contribution in [2.75, 3.05) is 0 Å². The van der Waals surface area contributed by atoms with Gasteiger partial charge in [0, 0.05) is 0 Å². The van der Waals surface area contributed by atoms with Gasteiger partial charge in [-0.15, -0.1) is 0 Å². The lowest BCUT2D eigenvalue weighted by molar-refractivity contribution is -0.141. The largest absolute Gasteiger partial charge is 0.450 e. The van der Waals surface area contributed by atoms with Crippen LogP contribution in [0.4, 0.5) is 8.78 Å². The molecule has 0 amide bonds. The van der Waals surface area contributed by atoms with Crippen molar-refractivity contribution >= 4 is 5.97 Å². The fraction of sp³-hybridized carbons (Fsp3) is 0.571. The van der Waals surface area contributed by atoms with E-state index in [2.05, 4.69) is 4.74 Å². The van der Waals surface area contributed by atoms with Crippen molar-refractivity contribution in [3.63, 3.8) is 0 Å². The van der Waals surface area contributed by atoms with Gasteiger partial charge < -0.3 is 4.74 Å².